The van der Waals surface area contributed by atoms with Gasteiger partial charge in [-0.3, -0.25) is 9.59 Å². The summed E-state index contributed by atoms with van der Waals surface area (Å²) in [5.41, 5.74) is -1.48. The molecule has 0 unspecified atom stereocenters. The molecule has 0 aliphatic heterocycles. The maximum absolute atomic E-state index is 15.7. The summed E-state index contributed by atoms with van der Waals surface area (Å²) in [6.45, 7) is 40.2. The Morgan fingerprint density at radius 1 is 0.361 bits per heavy atom. The lowest BCUT2D eigenvalue weighted by atomic mass is 9.71. The Hall–Kier alpha value is -3.38. The molecular formula is C71H120O10S2. The van der Waals surface area contributed by atoms with Gasteiger partial charge in [0.15, 0.2) is 5.41 Å². The molecule has 83 heavy (non-hydrogen) atoms. The van der Waals surface area contributed by atoms with Crippen LogP contribution in [0.3, 0.4) is 0 Å². The second-order valence-corrected chi connectivity index (χ2v) is 31.9. The number of rotatable bonds is 36. The molecule has 0 saturated heterocycles. The Balaban J connectivity index is 2.84. The second kappa shape index (κ2) is 36.1. The molecule has 0 aliphatic carbocycles. The van der Waals surface area contributed by atoms with Crippen LogP contribution in [0.15, 0.2) is 24.3 Å². The van der Waals surface area contributed by atoms with E-state index < -0.39 is 62.5 Å². The molecule has 10 nitrogen and oxygen atoms in total. The van der Waals surface area contributed by atoms with Gasteiger partial charge in [-0.15, -0.1) is 0 Å². The van der Waals surface area contributed by atoms with Crippen LogP contribution in [0.4, 0.5) is 9.59 Å². The van der Waals surface area contributed by atoms with Gasteiger partial charge in [0.25, 0.3) is 0 Å². The highest BCUT2D eigenvalue weighted by atomic mass is 32.2. The fourth-order valence-corrected chi connectivity index (χ4v) is 11.7. The van der Waals surface area contributed by atoms with Crippen LogP contribution < -0.4 is 9.47 Å². The van der Waals surface area contributed by atoms with E-state index in [-0.39, 0.29) is 26.1 Å². The summed E-state index contributed by atoms with van der Waals surface area (Å²) in [6, 6.07) is 7.86. The molecule has 0 saturated carbocycles. The number of carbonyl (C=O) groups is 4. The highest BCUT2D eigenvalue weighted by molar-refractivity contribution is 7.99. The largest absolute Gasteiger partial charge is 0.514 e. The first-order chi connectivity index (χ1) is 38.6. The second-order valence-electron chi connectivity index (χ2n) is 29.5. The molecule has 0 bridgehead atoms. The van der Waals surface area contributed by atoms with Crippen molar-refractivity contribution in [2.24, 2.45) is 5.41 Å². The smallest absolute Gasteiger partial charge is 0.464 e. The molecule has 0 N–H and O–H groups in total. The number of thioether (sulfide) groups is 2. The van der Waals surface area contributed by atoms with Gasteiger partial charge in [0.05, 0.1) is 0 Å². The third-order valence-corrected chi connectivity index (χ3v) is 16.7. The SMILES string of the molecule is CCCCCCCCCCCCSCCOC(=O)C(Cc1cc(C(C)(C)C)c(OC(=O)OC(C)(C)C)c(C(C)(C)C)c1)(Cc1cc(C(C)(C)C)c(OC(=O)OC(C)(C)C)c(C(C)(C)C)c1)C(=O)OCCSCCCCCCCCCCCC. The van der Waals surface area contributed by atoms with E-state index in [4.69, 9.17) is 28.4 Å². The minimum Gasteiger partial charge on any atom is -0.464 e. The molecule has 0 atom stereocenters. The van der Waals surface area contributed by atoms with Gasteiger partial charge in [0.1, 0.15) is 35.9 Å². The Morgan fingerprint density at radius 2 is 0.614 bits per heavy atom. The van der Waals surface area contributed by atoms with E-state index in [0.717, 1.165) is 46.6 Å². The van der Waals surface area contributed by atoms with E-state index in [9.17, 15) is 9.59 Å². The predicted octanol–water partition coefficient (Wildman–Crippen LogP) is 20.7. The molecule has 0 heterocycles. The number of esters is 2. The lowest BCUT2D eigenvalue weighted by Gasteiger charge is -2.34. The van der Waals surface area contributed by atoms with Gasteiger partial charge in [0.2, 0.25) is 0 Å². The van der Waals surface area contributed by atoms with Crippen molar-refractivity contribution in [3.8, 4) is 11.5 Å². The minimum absolute atomic E-state index is 0.0765. The number of hydrogen-bond acceptors (Lipinski definition) is 12. The Labute approximate surface area is 516 Å². The zero-order valence-electron chi connectivity index (χ0n) is 56.5. The normalized spacial score (nSPS) is 12.8. The number of hydrogen-bond donors (Lipinski definition) is 0. The third kappa shape index (κ3) is 29.7. The maximum atomic E-state index is 15.7. The highest BCUT2D eigenvalue weighted by Crippen LogP contribution is 2.46. The van der Waals surface area contributed by atoms with Crippen molar-refractivity contribution in [1.82, 2.24) is 0 Å². The van der Waals surface area contributed by atoms with Gasteiger partial charge in [0, 0.05) is 33.8 Å². The minimum atomic E-state index is -1.89. The van der Waals surface area contributed by atoms with E-state index in [2.05, 4.69) is 96.9 Å². The lowest BCUT2D eigenvalue weighted by molar-refractivity contribution is -0.172. The first-order valence-electron chi connectivity index (χ1n) is 32.2. The fourth-order valence-electron chi connectivity index (χ4n) is 10.1. The molecule has 2 rings (SSSR count). The van der Waals surface area contributed by atoms with Gasteiger partial charge in [-0.25, -0.2) is 9.59 Å². The molecule has 0 aromatic heterocycles. The van der Waals surface area contributed by atoms with Crippen molar-refractivity contribution in [2.75, 3.05) is 36.2 Å². The molecule has 0 fully saturated rings. The maximum Gasteiger partial charge on any atom is 0.514 e. The summed E-state index contributed by atoms with van der Waals surface area (Å²) in [4.78, 5) is 58.5. The molecule has 0 aliphatic rings. The Kier molecular flexibility index (Phi) is 32.9. The van der Waals surface area contributed by atoms with Crippen molar-refractivity contribution >= 4 is 47.8 Å². The molecule has 0 amide bonds. The Bertz CT molecular complexity index is 2010. The quantitative estimate of drug-likeness (QED) is 0.0212. The van der Waals surface area contributed by atoms with Crippen LogP contribution in [0.5, 0.6) is 11.5 Å². The van der Waals surface area contributed by atoms with Gasteiger partial charge in [-0.2, -0.15) is 23.5 Å². The molecule has 0 radical (unpaired) electrons. The van der Waals surface area contributed by atoms with Gasteiger partial charge in [-0.1, -0.05) is 237 Å². The van der Waals surface area contributed by atoms with Crippen LogP contribution in [-0.4, -0.2) is 71.7 Å². The summed E-state index contributed by atoms with van der Waals surface area (Å²) in [6.07, 6.45) is 23.5. The summed E-state index contributed by atoms with van der Waals surface area (Å²) in [7, 11) is 0. The molecular weight excluding hydrogens is 1080 g/mol. The summed E-state index contributed by atoms with van der Waals surface area (Å²) in [5.74, 6) is 2.56. The molecule has 0 spiro atoms. The number of unbranched alkanes of at least 4 members (excludes halogenated alkanes) is 18. The van der Waals surface area contributed by atoms with Gasteiger partial charge < -0.3 is 28.4 Å². The summed E-state index contributed by atoms with van der Waals surface area (Å²) in [5, 5.41) is 0. The van der Waals surface area contributed by atoms with E-state index in [0.29, 0.717) is 34.1 Å². The molecule has 476 valence electrons. The average Bonchev–Trinajstić information content (AvgIpc) is 2.34. The highest BCUT2D eigenvalue weighted by Gasteiger charge is 2.50. The first kappa shape index (κ1) is 75.7. The van der Waals surface area contributed by atoms with E-state index in [1.54, 1.807) is 65.1 Å². The third-order valence-electron chi connectivity index (χ3n) is 14.7. The van der Waals surface area contributed by atoms with Crippen LogP contribution >= 0.6 is 23.5 Å². The number of ether oxygens (including phenoxy) is 6. The van der Waals surface area contributed by atoms with Crippen LogP contribution in [0.25, 0.3) is 0 Å². The van der Waals surface area contributed by atoms with Crippen LogP contribution in [0.2, 0.25) is 0 Å². The first-order valence-corrected chi connectivity index (χ1v) is 34.5. The van der Waals surface area contributed by atoms with Crippen molar-refractivity contribution in [3.63, 3.8) is 0 Å². The van der Waals surface area contributed by atoms with Crippen LogP contribution in [-0.2, 0) is 63.0 Å². The Morgan fingerprint density at radius 3 is 0.855 bits per heavy atom. The van der Waals surface area contributed by atoms with Crippen molar-refractivity contribution in [2.45, 2.75) is 313 Å². The fraction of sp³-hybridized carbons (Fsp3) is 0.775. The van der Waals surface area contributed by atoms with E-state index in [1.807, 2.05) is 24.3 Å². The van der Waals surface area contributed by atoms with Crippen molar-refractivity contribution in [3.05, 3.63) is 57.6 Å². The summed E-state index contributed by atoms with van der Waals surface area (Å²) < 4.78 is 36.6. The van der Waals surface area contributed by atoms with Gasteiger partial charge in [-0.05, 0) is 112 Å². The molecule has 2 aromatic carbocycles. The standard InChI is InChI=1S/C71H120O10S2/c1-21-23-25-27-29-31-33-35-37-39-43-82-45-41-76-61(72)71(62(73)77-42-46-83-44-40-38-36-34-32-30-28-26-24-22-2,51-53-47-55(65(3,4)5)59(56(48-53)66(6,7)8)78-63(74)80-69(15,16)17)52-54-49-57(67(9,10)11)60(58(50-54)68(12,13)14)79-64(75)81-70(18,19)20/h47-50H,21-46,51-52H2,1-20H3. The molecule has 2 aromatic rings. The van der Waals surface area contributed by atoms with Crippen molar-refractivity contribution in [1.29, 1.82) is 0 Å². The average molecular weight is 1200 g/mol. The zero-order valence-corrected chi connectivity index (χ0v) is 58.1. The lowest BCUT2D eigenvalue weighted by Crippen LogP contribution is -2.46. The van der Waals surface area contributed by atoms with E-state index >= 15 is 9.59 Å². The topological polar surface area (TPSA) is 124 Å². The molecule has 12 heteroatoms. The zero-order chi connectivity index (χ0) is 62.7. The van der Waals surface area contributed by atoms with Crippen LogP contribution in [0.1, 0.15) is 300 Å². The van der Waals surface area contributed by atoms with Crippen LogP contribution in [0, 0.1) is 5.41 Å². The number of carbonyl (C=O) groups excluding carboxylic acids is 4. The van der Waals surface area contributed by atoms with Gasteiger partial charge >= 0.3 is 24.2 Å². The summed E-state index contributed by atoms with van der Waals surface area (Å²) >= 11 is 3.54. The van der Waals surface area contributed by atoms with E-state index in [1.165, 1.54) is 116 Å². The predicted molar refractivity (Wildman–Crippen MR) is 352 cm³/mol. The monoisotopic (exact) mass is 1200 g/mol. The number of benzene rings is 2. The van der Waals surface area contributed by atoms with Crippen molar-refractivity contribution < 1.29 is 47.6 Å².